The lowest BCUT2D eigenvalue weighted by atomic mass is 10.2. The van der Waals surface area contributed by atoms with E-state index >= 15 is 0 Å². The van der Waals surface area contributed by atoms with Gasteiger partial charge in [0.25, 0.3) is 0 Å². The van der Waals surface area contributed by atoms with Gasteiger partial charge >= 0.3 is 0 Å². The smallest absolute Gasteiger partial charge is 0.156 e. The average Bonchev–Trinajstić information content (AvgIpc) is 2.30. The number of nitrogens with one attached hydrogen (secondary N) is 1. The lowest BCUT2D eigenvalue weighted by Crippen LogP contribution is -2.19. The van der Waals surface area contributed by atoms with Crippen LogP contribution < -0.4 is 10.2 Å². The molecule has 1 aliphatic heterocycles. The zero-order valence-corrected chi connectivity index (χ0v) is 8.31. The Balaban J connectivity index is 2.20. The second-order valence-electron chi connectivity index (χ2n) is 3.43. The van der Waals surface area contributed by atoms with E-state index in [2.05, 4.69) is 15.3 Å². The van der Waals surface area contributed by atoms with E-state index in [1.54, 1.807) is 12.4 Å². The van der Waals surface area contributed by atoms with E-state index < -0.39 is 0 Å². The van der Waals surface area contributed by atoms with E-state index in [0.29, 0.717) is 0 Å². The molecule has 15 heavy (non-hydrogen) atoms. The van der Waals surface area contributed by atoms with Crippen LogP contribution in [0.5, 0.6) is 0 Å². The highest BCUT2D eigenvalue weighted by Crippen LogP contribution is 2.39. The SMILES string of the molecule is CN1c2cccnc2Nc2cccnc21. The van der Waals surface area contributed by atoms with Crippen molar-refractivity contribution in [2.24, 2.45) is 0 Å². The van der Waals surface area contributed by atoms with Crippen LogP contribution in [0.25, 0.3) is 0 Å². The Kier molecular flexibility index (Phi) is 1.62. The maximum atomic E-state index is 4.33. The first-order valence-corrected chi connectivity index (χ1v) is 4.77. The van der Waals surface area contributed by atoms with E-state index in [9.17, 15) is 0 Å². The summed E-state index contributed by atoms with van der Waals surface area (Å²) in [5.74, 6) is 1.80. The van der Waals surface area contributed by atoms with Crippen molar-refractivity contribution in [3.05, 3.63) is 36.7 Å². The molecule has 0 aliphatic carbocycles. The highest BCUT2D eigenvalue weighted by molar-refractivity contribution is 5.87. The van der Waals surface area contributed by atoms with Crippen LogP contribution in [0, 0.1) is 0 Å². The molecule has 0 radical (unpaired) electrons. The molecular weight excluding hydrogens is 188 g/mol. The number of fused-ring (bicyclic) bond motifs is 2. The Bertz CT molecular complexity index is 464. The summed E-state index contributed by atoms with van der Waals surface area (Å²) in [5, 5.41) is 3.26. The quantitative estimate of drug-likeness (QED) is 0.705. The summed E-state index contributed by atoms with van der Waals surface area (Å²) in [6.45, 7) is 0. The van der Waals surface area contributed by atoms with Gasteiger partial charge in [-0.15, -0.1) is 0 Å². The summed E-state index contributed by atoms with van der Waals surface area (Å²) in [4.78, 5) is 10.7. The van der Waals surface area contributed by atoms with E-state index in [1.807, 2.05) is 36.2 Å². The fourth-order valence-electron chi connectivity index (χ4n) is 1.77. The van der Waals surface area contributed by atoms with E-state index in [-0.39, 0.29) is 0 Å². The highest BCUT2D eigenvalue weighted by atomic mass is 15.2. The summed E-state index contributed by atoms with van der Waals surface area (Å²) in [5.41, 5.74) is 2.04. The molecule has 0 amide bonds. The molecule has 0 saturated carbocycles. The van der Waals surface area contributed by atoms with Crippen molar-refractivity contribution >= 4 is 23.0 Å². The van der Waals surface area contributed by atoms with Gasteiger partial charge in [-0.25, -0.2) is 9.97 Å². The zero-order valence-electron chi connectivity index (χ0n) is 8.31. The van der Waals surface area contributed by atoms with Crippen molar-refractivity contribution in [3.63, 3.8) is 0 Å². The third-order valence-corrected chi connectivity index (χ3v) is 2.51. The summed E-state index contributed by atoms with van der Waals surface area (Å²) in [6.07, 6.45) is 3.57. The first-order chi connectivity index (χ1) is 7.36. The fraction of sp³-hybridized carbons (Fsp3) is 0.0909. The van der Waals surface area contributed by atoms with Gasteiger partial charge in [-0.05, 0) is 24.3 Å². The van der Waals surface area contributed by atoms with Crippen LogP contribution in [-0.2, 0) is 0 Å². The van der Waals surface area contributed by atoms with Crippen LogP contribution >= 0.6 is 0 Å². The number of aromatic nitrogens is 2. The topological polar surface area (TPSA) is 41.1 Å². The molecule has 2 aromatic heterocycles. The molecule has 0 saturated heterocycles. The lowest BCUT2D eigenvalue weighted by molar-refractivity contribution is 1.09. The van der Waals surface area contributed by atoms with Gasteiger partial charge < -0.3 is 10.2 Å². The zero-order chi connectivity index (χ0) is 10.3. The molecule has 4 heteroatoms. The van der Waals surface area contributed by atoms with Gasteiger partial charge in [-0.1, -0.05) is 0 Å². The average molecular weight is 198 g/mol. The molecule has 0 bridgehead atoms. The van der Waals surface area contributed by atoms with Crippen molar-refractivity contribution in [2.75, 3.05) is 17.3 Å². The second-order valence-corrected chi connectivity index (χ2v) is 3.43. The molecule has 0 spiro atoms. The van der Waals surface area contributed by atoms with E-state index in [0.717, 1.165) is 23.0 Å². The maximum absolute atomic E-state index is 4.33. The molecule has 1 N–H and O–H groups in total. The molecule has 1 aliphatic rings. The largest absolute Gasteiger partial charge is 0.335 e. The third-order valence-electron chi connectivity index (χ3n) is 2.51. The fourth-order valence-corrected chi connectivity index (χ4v) is 1.77. The molecule has 2 aromatic rings. The minimum atomic E-state index is 0.875. The van der Waals surface area contributed by atoms with Crippen LogP contribution in [0.4, 0.5) is 23.0 Å². The van der Waals surface area contributed by atoms with Crippen LogP contribution in [-0.4, -0.2) is 17.0 Å². The van der Waals surface area contributed by atoms with Crippen molar-refractivity contribution in [3.8, 4) is 0 Å². The summed E-state index contributed by atoms with van der Waals surface area (Å²) < 4.78 is 0. The molecule has 0 aromatic carbocycles. The van der Waals surface area contributed by atoms with Crippen molar-refractivity contribution in [1.82, 2.24) is 9.97 Å². The van der Waals surface area contributed by atoms with Crippen LogP contribution in [0.1, 0.15) is 0 Å². The molecule has 4 nitrogen and oxygen atoms in total. The Morgan fingerprint density at radius 1 is 1.13 bits per heavy atom. The molecule has 0 fully saturated rings. The summed E-state index contributed by atoms with van der Waals surface area (Å²) >= 11 is 0. The first-order valence-electron chi connectivity index (χ1n) is 4.77. The third kappa shape index (κ3) is 1.15. The lowest BCUT2D eigenvalue weighted by Gasteiger charge is -2.28. The number of hydrogen-bond donors (Lipinski definition) is 1. The maximum Gasteiger partial charge on any atom is 0.156 e. The normalized spacial score (nSPS) is 12.7. The Hall–Kier alpha value is -2.10. The van der Waals surface area contributed by atoms with Gasteiger partial charge in [0.1, 0.15) is 0 Å². The number of nitrogens with zero attached hydrogens (tertiary/aromatic N) is 3. The summed E-state index contributed by atoms with van der Waals surface area (Å²) in [6, 6.07) is 7.85. The first kappa shape index (κ1) is 8.23. The Labute approximate surface area is 87.6 Å². The molecule has 74 valence electrons. The Morgan fingerprint density at radius 2 is 1.93 bits per heavy atom. The predicted octanol–water partition coefficient (Wildman–Crippen LogP) is 2.30. The minimum absolute atomic E-state index is 0.875. The molecule has 0 unspecified atom stereocenters. The number of hydrogen-bond acceptors (Lipinski definition) is 4. The van der Waals surface area contributed by atoms with E-state index in [4.69, 9.17) is 0 Å². The Morgan fingerprint density at radius 3 is 2.87 bits per heavy atom. The molecule has 0 atom stereocenters. The number of pyridine rings is 2. The highest BCUT2D eigenvalue weighted by Gasteiger charge is 2.20. The van der Waals surface area contributed by atoms with Gasteiger partial charge in [-0.2, -0.15) is 0 Å². The van der Waals surface area contributed by atoms with Gasteiger partial charge in [0.05, 0.1) is 11.4 Å². The van der Waals surface area contributed by atoms with Gasteiger partial charge in [-0.3, -0.25) is 0 Å². The van der Waals surface area contributed by atoms with E-state index in [1.165, 1.54) is 0 Å². The molecular formula is C11H10N4. The van der Waals surface area contributed by atoms with Crippen molar-refractivity contribution in [2.45, 2.75) is 0 Å². The number of anilines is 4. The predicted molar refractivity (Wildman–Crippen MR) is 59.8 cm³/mol. The molecule has 3 heterocycles. The van der Waals surface area contributed by atoms with Gasteiger partial charge in [0, 0.05) is 19.4 Å². The number of rotatable bonds is 0. The van der Waals surface area contributed by atoms with Crippen molar-refractivity contribution in [1.29, 1.82) is 0 Å². The van der Waals surface area contributed by atoms with Crippen LogP contribution in [0.15, 0.2) is 36.7 Å². The van der Waals surface area contributed by atoms with Crippen LogP contribution in [0.3, 0.4) is 0 Å². The minimum Gasteiger partial charge on any atom is -0.335 e. The monoisotopic (exact) mass is 198 g/mol. The molecule has 3 rings (SSSR count). The van der Waals surface area contributed by atoms with Gasteiger partial charge in [0.15, 0.2) is 11.6 Å². The summed E-state index contributed by atoms with van der Waals surface area (Å²) in [7, 11) is 1.99. The van der Waals surface area contributed by atoms with Gasteiger partial charge in [0.2, 0.25) is 0 Å². The standard InChI is InChI=1S/C11H10N4/c1-15-9-5-3-6-12-10(9)14-8-4-2-7-13-11(8)15/h2-7H,1H3,(H,12,14). The van der Waals surface area contributed by atoms with Crippen molar-refractivity contribution < 1.29 is 0 Å². The van der Waals surface area contributed by atoms with Crippen LogP contribution in [0.2, 0.25) is 0 Å². The second kappa shape index (κ2) is 2.95.